The molecule has 1 aromatic carbocycles. The van der Waals surface area contributed by atoms with E-state index in [-0.39, 0.29) is 11.9 Å². The Morgan fingerprint density at radius 1 is 1.20 bits per heavy atom. The fourth-order valence-corrected chi connectivity index (χ4v) is 2.42. The summed E-state index contributed by atoms with van der Waals surface area (Å²) in [5, 5.41) is 3.00. The van der Waals surface area contributed by atoms with E-state index >= 15 is 0 Å². The van der Waals surface area contributed by atoms with Gasteiger partial charge in [0.25, 0.3) is 0 Å². The van der Waals surface area contributed by atoms with Crippen molar-refractivity contribution < 1.29 is 18.7 Å². The molecule has 136 valence electrons. The third-order valence-corrected chi connectivity index (χ3v) is 3.82. The van der Waals surface area contributed by atoms with Crippen LogP contribution in [0.3, 0.4) is 0 Å². The molecule has 0 aliphatic heterocycles. The van der Waals surface area contributed by atoms with E-state index in [1.165, 1.54) is 0 Å². The molecule has 0 fully saturated rings. The fraction of sp³-hybridized carbons (Fsp3) is 0.450. The number of furan rings is 1. The van der Waals surface area contributed by atoms with Gasteiger partial charge in [0.05, 0.1) is 26.0 Å². The van der Waals surface area contributed by atoms with Crippen molar-refractivity contribution in [3.8, 4) is 11.5 Å². The third kappa shape index (κ3) is 5.85. The van der Waals surface area contributed by atoms with Gasteiger partial charge in [-0.05, 0) is 42.7 Å². The van der Waals surface area contributed by atoms with Crippen molar-refractivity contribution in [1.29, 1.82) is 0 Å². The highest BCUT2D eigenvalue weighted by Crippen LogP contribution is 2.30. The molecule has 1 heterocycles. The zero-order chi connectivity index (χ0) is 18.2. The molecule has 1 amide bonds. The molecule has 1 N–H and O–H groups in total. The average Bonchev–Trinajstić information content (AvgIpc) is 3.11. The van der Waals surface area contributed by atoms with Crippen molar-refractivity contribution in [2.24, 2.45) is 5.92 Å². The quantitative estimate of drug-likeness (QED) is 0.742. The molecule has 0 radical (unpaired) electrons. The number of hydrogen-bond acceptors (Lipinski definition) is 4. The van der Waals surface area contributed by atoms with Crippen LogP contribution in [0, 0.1) is 5.92 Å². The zero-order valence-corrected chi connectivity index (χ0v) is 15.4. The van der Waals surface area contributed by atoms with Gasteiger partial charge in [0.15, 0.2) is 11.5 Å². The molecule has 5 heteroatoms. The van der Waals surface area contributed by atoms with Gasteiger partial charge in [-0.2, -0.15) is 0 Å². The summed E-state index contributed by atoms with van der Waals surface area (Å²) in [6, 6.07) is 9.34. The van der Waals surface area contributed by atoms with Gasteiger partial charge in [-0.1, -0.05) is 19.9 Å². The second kappa shape index (κ2) is 9.16. The van der Waals surface area contributed by atoms with Gasteiger partial charge >= 0.3 is 0 Å². The largest absolute Gasteiger partial charge is 0.493 e. The smallest absolute Gasteiger partial charge is 0.220 e. The van der Waals surface area contributed by atoms with E-state index in [1.54, 1.807) is 13.4 Å². The minimum Gasteiger partial charge on any atom is -0.493 e. The lowest BCUT2D eigenvalue weighted by Gasteiger charge is -2.17. The summed E-state index contributed by atoms with van der Waals surface area (Å²) in [6.45, 7) is 6.78. The summed E-state index contributed by atoms with van der Waals surface area (Å²) in [6.07, 6.45) is 2.60. The number of hydrogen-bond donors (Lipinski definition) is 1. The van der Waals surface area contributed by atoms with Gasteiger partial charge in [0, 0.05) is 12.8 Å². The van der Waals surface area contributed by atoms with Crippen molar-refractivity contribution in [2.75, 3.05) is 13.7 Å². The minimum atomic E-state index is -0.114. The second-order valence-corrected chi connectivity index (χ2v) is 6.48. The zero-order valence-electron chi connectivity index (χ0n) is 15.4. The first kappa shape index (κ1) is 18.9. The van der Waals surface area contributed by atoms with Crippen LogP contribution in [0.2, 0.25) is 0 Å². The summed E-state index contributed by atoms with van der Waals surface area (Å²) >= 11 is 0. The number of rotatable bonds is 9. The Morgan fingerprint density at radius 2 is 2.00 bits per heavy atom. The van der Waals surface area contributed by atoms with Crippen LogP contribution >= 0.6 is 0 Å². The number of nitrogens with one attached hydrogen (secondary N) is 1. The summed E-state index contributed by atoms with van der Waals surface area (Å²) in [5.41, 5.74) is 0.972. The Balaban J connectivity index is 1.93. The van der Waals surface area contributed by atoms with Gasteiger partial charge in [-0.25, -0.2) is 0 Å². The predicted octanol–water partition coefficient (Wildman–Crippen LogP) is 4.13. The standard InChI is InChI=1S/C20H27NO4/c1-14(2)13-25-18-9-7-16(12-19(18)23-4)15(3)21-20(22)10-8-17-6-5-11-24-17/h5-7,9,11-12,14-15H,8,10,13H2,1-4H3,(H,21,22). The average molecular weight is 345 g/mol. The first-order valence-electron chi connectivity index (χ1n) is 8.62. The molecule has 0 spiro atoms. The SMILES string of the molecule is COc1cc(C(C)NC(=O)CCc2ccco2)ccc1OCC(C)C. The number of ether oxygens (including phenoxy) is 2. The Hall–Kier alpha value is -2.43. The molecular formula is C20H27NO4. The molecule has 0 aliphatic carbocycles. The topological polar surface area (TPSA) is 60.7 Å². The molecule has 1 atom stereocenters. The number of benzene rings is 1. The molecule has 0 saturated heterocycles. The lowest BCUT2D eigenvalue weighted by atomic mass is 10.1. The highest BCUT2D eigenvalue weighted by atomic mass is 16.5. The minimum absolute atomic E-state index is 0.0111. The van der Waals surface area contributed by atoms with Crippen molar-refractivity contribution in [3.63, 3.8) is 0 Å². The molecule has 2 rings (SSSR count). The van der Waals surface area contributed by atoms with E-state index in [1.807, 2.05) is 37.3 Å². The van der Waals surface area contributed by atoms with Crippen LogP contribution in [-0.2, 0) is 11.2 Å². The molecule has 0 bridgehead atoms. The van der Waals surface area contributed by atoms with Gasteiger partial charge < -0.3 is 19.2 Å². The van der Waals surface area contributed by atoms with Gasteiger partial charge in [-0.15, -0.1) is 0 Å². The lowest BCUT2D eigenvalue weighted by Crippen LogP contribution is -2.26. The predicted molar refractivity (Wildman–Crippen MR) is 96.9 cm³/mol. The number of amides is 1. The fourth-order valence-electron chi connectivity index (χ4n) is 2.42. The Bertz CT molecular complexity index is 664. The normalized spacial score (nSPS) is 12.0. The maximum atomic E-state index is 12.1. The van der Waals surface area contributed by atoms with E-state index in [0.29, 0.717) is 31.1 Å². The highest BCUT2D eigenvalue weighted by Gasteiger charge is 2.14. The van der Waals surface area contributed by atoms with Crippen molar-refractivity contribution in [1.82, 2.24) is 5.32 Å². The van der Waals surface area contributed by atoms with E-state index < -0.39 is 0 Å². The van der Waals surface area contributed by atoms with Crippen LogP contribution in [-0.4, -0.2) is 19.6 Å². The van der Waals surface area contributed by atoms with Crippen LogP contribution in [0.5, 0.6) is 11.5 Å². The van der Waals surface area contributed by atoms with Crippen LogP contribution in [0.4, 0.5) is 0 Å². The molecule has 1 unspecified atom stereocenters. The molecule has 0 saturated carbocycles. The molecular weight excluding hydrogens is 318 g/mol. The number of carbonyl (C=O) groups excluding carboxylic acids is 1. The van der Waals surface area contributed by atoms with E-state index in [2.05, 4.69) is 19.2 Å². The van der Waals surface area contributed by atoms with Gasteiger partial charge in [0.1, 0.15) is 5.76 Å². The van der Waals surface area contributed by atoms with Crippen molar-refractivity contribution >= 4 is 5.91 Å². The summed E-state index contributed by atoms with van der Waals surface area (Å²) < 4.78 is 16.4. The van der Waals surface area contributed by atoms with Crippen LogP contribution < -0.4 is 14.8 Å². The van der Waals surface area contributed by atoms with Gasteiger partial charge in [0.2, 0.25) is 5.91 Å². The maximum absolute atomic E-state index is 12.1. The van der Waals surface area contributed by atoms with Crippen LogP contribution in [0.25, 0.3) is 0 Å². The van der Waals surface area contributed by atoms with E-state index in [4.69, 9.17) is 13.9 Å². The second-order valence-electron chi connectivity index (χ2n) is 6.48. The lowest BCUT2D eigenvalue weighted by molar-refractivity contribution is -0.121. The van der Waals surface area contributed by atoms with Gasteiger partial charge in [-0.3, -0.25) is 4.79 Å². The molecule has 25 heavy (non-hydrogen) atoms. The Morgan fingerprint density at radius 3 is 2.64 bits per heavy atom. The molecule has 1 aromatic heterocycles. The molecule has 5 nitrogen and oxygen atoms in total. The van der Waals surface area contributed by atoms with Crippen molar-refractivity contribution in [3.05, 3.63) is 47.9 Å². The summed E-state index contributed by atoms with van der Waals surface area (Å²) in [7, 11) is 1.62. The molecule has 0 aliphatic rings. The van der Waals surface area contributed by atoms with Crippen LogP contribution in [0.15, 0.2) is 41.0 Å². The summed E-state index contributed by atoms with van der Waals surface area (Å²) in [5.74, 6) is 2.64. The first-order chi connectivity index (χ1) is 12.0. The Kier molecular flexibility index (Phi) is 6.92. The summed E-state index contributed by atoms with van der Waals surface area (Å²) in [4.78, 5) is 12.1. The number of aryl methyl sites for hydroxylation is 1. The highest BCUT2D eigenvalue weighted by molar-refractivity contribution is 5.76. The molecule has 2 aromatic rings. The van der Waals surface area contributed by atoms with Crippen molar-refractivity contribution in [2.45, 2.75) is 39.7 Å². The van der Waals surface area contributed by atoms with E-state index in [9.17, 15) is 4.79 Å². The number of methoxy groups -OCH3 is 1. The van der Waals surface area contributed by atoms with Crippen LogP contribution in [0.1, 0.15) is 44.6 Å². The first-order valence-corrected chi connectivity index (χ1v) is 8.62. The maximum Gasteiger partial charge on any atom is 0.220 e. The van der Waals surface area contributed by atoms with E-state index in [0.717, 1.165) is 17.1 Å². The third-order valence-electron chi connectivity index (χ3n) is 3.82. The monoisotopic (exact) mass is 345 g/mol. The number of carbonyl (C=O) groups is 1. The Labute approximate surface area is 149 Å².